The fourth-order valence-corrected chi connectivity index (χ4v) is 5.43. The van der Waals surface area contributed by atoms with Gasteiger partial charge in [-0.3, -0.25) is 19.8 Å². The van der Waals surface area contributed by atoms with Gasteiger partial charge >= 0.3 is 0 Å². The van der Waals surface area contributed by atoms with Crippen LogP contribution < -0.4 is 14.4 Å². The van der Waals surface area contributed by atoms with E-state index >= 15 is 0 Å². The lowest BCUT2D eigenvalue weighted by Gasteiger charge is -2.38. The molecule has 2 aliphatic heterocycles. The number of nitrogens with zero attached hydrogens (tertiary/aromatic N) is 2. The Kier molecular flexibility index (Phi) is 3.62. The molecule has 1 aliphatic carbocycles. The van der Waals surface area contributed by atoms with E-state index in [1.807, 2.05) is 47.4 Å². The fourth-order valence-electron chi connectivity index (χ4n) is 5.43. The molecule has 0 N–H and O–H groups in total. The van der Waals surface area contributed by atoms with Crippen molar-refractivity contribution in [3.63, 3.8) is 0 Å². The number of para-hydroxylation sites is 2. The van der Waals surface area contributed by atoms with Gasteiger partial charge in [0.1, 0.15) is 11.5 Å². The van der Waals surface area contributed by atoms with Crippen molar-refractivity contribution >= 4 is 11.6 Å². The van der Waals surface area contributed by atoms with Crippen LogP contribution in [0.1, 0.15) is 24.8 Å². The van der Waals surface area contributed by atoms with Gasteiger partial charge in [0.05, 0.1) is 18.3 Å². The first kappa shape index (κ1) is 17.0. The number of amides is 1. The molecule has 2 fully saturated rings. The van der Waals surface area contributed by atoms with E-state index in [1.165, 1.54) is 0 Å². The van der Waals surface area contributed by atoms with Crippen LogP contribution in [-0.4, -0.2) is 24.5 Å². The quantitative estimate of drug-likeness (QED) is 0.598. The van der Waals surface area contributed by atoms with Gasteiger partial charge in [-0.25, -0.2) is 0 Å². The minimum absolute atomic E-state index is 0.00207. The third-order valence-corrected chi connectivity index (χ3v) is 6.49. The Labute approximate surface area is 162 Å². The van der Waals surface area contributed by atoms with Crippen LogP contribution in [0.3, 0.4) is 0 Å². The summed E-state index contributed by atoms with van der Waals surface area (Å²) in [6, 6.07) is 13.2. The van der Waals surface area contributed by atoms with Crippen LogP contribution in [0, 0.1) is 22.0 Å². The molecule has 0 bridgehead atoms. The van der Waals surface area contributed by atoms with Gasteiger partial charge in [-0.2, -0.15) is 0 Å². The number of benzene rings is 2. The SMILES string of the molecule is COc1ccc2c(c1)Oc1ccccc1N1C(=O)C[C@H]3[C@H](C[N+](=O)[O-])CC[C@]231. The zero-order chi connectivity index (χ0) is 19.5. The molecule has 1 amide bonds. The van der Waals surface area contributed by atoms with Gasteiger partial charge in [-0.15, -0.1) is 0 Å². The average Bonchev–Trinajstić information content (AvgIpc) is 3.11. The predicted octanol–water partition coefficient (Wildman–Crippen LogP) is 3.74. The van der Waals surface area contributed by atoms with E-state index in [0.717, 1.165) is 11.3 Å². The maximum Gasteiger partial charge on any atom is 0.228 e. The first-order chi connectivity index (χ1) is 13.5. The van der Waals surface area contributed by atoms with E-state index in [2.05, 4.69) is 0 Å². The molecular formula is C21H20N2O5. The first-order valence-electron chi connectivity index (χ1n) is 9.45. The van der Waals surface area contributed by atoms with Gasteiger partial charge in [0.25, 0.3) is 0 Å². The third kappa shape index (κ3) is 2.19. The molecule has 7 heteroatoms. The average molecular weight is 380 g/mol. The minimum Gasteiger partial charge on any atom is -0.497 e. The van der Waals surface area contributed by atoms with Crippen LogP contribution >= 0.6 is 0 Å². The van der Waals surface area contributed by atoms with Crippen molar-refractivity contribution in [1.29, 1.82) is 0 Å². The largest absolute Gasteiger partial charge is 0.497 e. The Morgan fingerprint density at radius 2 is 2.11 bits per heavy atom. The fraction of sp³-hybridized carbons (Fsp3) is 0.381. The Morgan fingerprint density at radius 3 is 2.89 bits per heavy atom. The maximum atomic E-state index is 13.2. The number of carbonyl (C=O) groups excluding carboxylic acids is 1. The van der Waals surface area contributed by atoms with Crippen LogP contribution in [0.4, 0.5) is 5.69 Å². The molecule has 1 spiro atoms. The number of anilines is 1. The number of hydrogen-bond acceptors (Lipinski definition) is 5. The summed E-state index contributed by atoms with van der Waals surface area (Å²) in [5, 5.41) is 11.2. The molecule has 144 valence electrons. The summed E-state index contributed by atoms with van der Waals surface area (Å²) in [4.78, 5) is 26.0. The van der Waals surface area contributed by atoms with Crippen LogP contribution in [0.2, 0.25) is 0 Å². The molecule has 2 heterocycles. The number of fused-ring (bicyclic) bond motifs is 3. The van der Waals surface area contributed by atoms with Crippen molar-refractivity contribution in [2.45, 2.75) is 24.8 Å². The molecule has 3 atom stereocenters. The highest BCUT2D eigenvalue weighted by Gasteiger charge is 2.63. The summed E-state index contributed by atoms with van der Waals surface area (Å²) < 4.78 is 11.6. The Morgan fingerprint density at radius 1 is 1.29 bits per heavy atom. The molecular weight excluding hydrogens is 360 g/mol. The second-order valence-electron chi connectivity index (χ2n) is 7.71. The zero-order valence-corrected chi connectivity index (χ0v) is 15.5. The van der Waals surface area contributed by atoms with Crippen molar-refractivity contribution in [2.75, 3.05) is 18.6 Å². The van der Waals surface area contributed by atoms with Gasteiger partial charge in [0.15, 0.2) is 5.75 Å². The Hall–Kier alpha value is -3.09. The summed E-state index contributed by atoms with van der Waals surface area (Å²) in [5.41, 5.74) is 1.02. The summed E-state index contributed by atoms with van der Waals surface area (Å²) in [5.74, 6) is 1.67. The second-order valence-corrected chi connectivity index (χ2v) is 7.71. The van der Waals surface area contributed by atoms with Gasteiger partial charge in [-0.05, 0) is 37.1 Å². The number of carbonyl (C=O) groups is 1. The summed E-state index contributed by atoms with van der Waals surface area (Å²) >= 11 is 0. The van der Waals surface area contributed by atoms with Gasteiger partial charge < -0.3 is 9.47 Å². The maximum absolute atomic E-state index is 13.2. The van der Waals surface area contributed by atoms with Crippen LogP contribution in [0.25, 0.3) is 0 Å². The van der Waals surface area contributed by atoms with Crippen molar-refractivity contribution in [3.05, 3.63) is 58.1 Å². The monoisotopic (exact) mass is 380 g/mol. The smallest absolute Gasteiger partial charge is 0.228 e. The minimum atomic E-state index is -0.619. The molecule has 0 aromatic heterocycles. The van der Waals surface area contributed by atoms with Crippen molar-refractivity contribution in [3.8, 4) is 17.2 Å². The highest BCUT2D eigenvalue weighted by molar-refractivity contribution is 6.00. The molecule has 1 saturated carbocycles. The molecule has 2 aromatic rings. The topological polar surface area (TPSA) is 81.9 Å². The van der Waals surface area contributed by atoms with Gasteiger partial charge in [-0.1, -0.05) is 12.1 Å². The number of hydrogen-bond donors (Lipinski definition) is 0. The van der Waals surface area contributed by atoms with Crippen LogP contribution in [-0.2, 0) is 10.3 Å². The standard InChI is InChI=1S/C21H20N2O5/c1-27-14-6-7-15-19(10-14)28-18-5-3-2-4-17(18)23-20(24)11-16-13(12-22(25)26)8-9-21(15,16)23/h2-7,10,13,16H,8-9,11-12H2,1H3/t13-,16-,21-/m0/s1. The van der Waals surface area contributed by atoms with E-state index in [-0.39, 0.29) is 29.2 Å². The number of methoxy groups -OCH3 is 1. The van der Waals surface area contributed by atoms with E-state index in [9.17, 15) is 14.9 Å². The molecule has 28 heavy (non-hydrogen) atoms. The molecule has 3 aliphatic rings. The Bertz CT molecular complexity index is 991. The predicted molar refractivity (Wildman–Crippen MR) is 101 cm³/mol. The number of rotatable bonds is 3. The summed E-state index contributed by atoms with van der Waals surface area (Å²) in [6.45, 7) is -0.110. The zero-order valence-electron chi connectivity index (χ0n) is 15.5. The summed E-state index contributed by atoms with van der Waals surface area (Å²) in [6.07, 6.45) is 1.71. The Balaban J connectivity index is 1.76. The van der Waals surface area contributed by atoms with Crippen LogP contribution in [0.5, 0.6) is 17.2 Å². The second kappa shape index (κ2) is 5.95. The molecule has 0 unspecified atom stereocenters. The highest BCUT2D eigenvalue weighted by Crippen LogP contribution is 2.62. The number of nitro groups is 1. The van der Waals surface area contributed by atoms with E-state index in [1.54, 1.807) is 7.11 Å². The van der Waals surface area contributed by atoms with Crippen LogP contribution in [0.15, 0.2) is 42.5 Å². The van der Waals surface area contributed by atoms with E-state index in [4.69, 9.17) is 9.47 Å². The first-order valence-corrected chi connectivity index (χ1v) is 9.45. The van der Waals surface area contributed by atoms with Crippen molar-refractivity contribution in [1.82, 2.24) is 0 Å². The third-order valence-electron chi connectivity index (χ3n) is 6.49. The van der Waals surface area contributed by atoms with Crippen molar-refractivity contribution < 1.29 is 19.2 Å². The molecule has 0 radical (unpaired) electrons. The highest BCUT2D eigenvalue weighted by atomic mass is 16.6. The molecule has 1 saturated heterocycles. The van der Waals surface area contributed by atoms with E-state index in [0.29, 0.717) is 36.5 Å². The lowest BCUT2D eigenvalue weighted by atomic mass is 9.78. The summed E-state index contributed by atoms with van der Waals surface area (Å²) in [7, 11) is 1.60. The van der Waals surface area contributed by atoms with Crippen molar-refractivity contribution in [2.24, 2.45) is 11.8 Å². The molecule has 5 rings (SSSR count). The molecule has 2 aromatic carbocycles. The lowest BCUT2D eigenvalue weighted by molar-refractivity contribution is -0.489. The lowest BCUT2D eigenvalue weighted by Crippen LogP contribution is -2.45. The van der Waals surface area contributed by atoms with E-state index < -0.39 is 5.54 Å². The normalized spacial score (nSPS) is 27.2. The molecule has 7 nitrogen and oxygen atoms in total. The van der Waals surface area contributed by atoms with Gasteiger partial charge in [0, 0.05) is 34.8 Å². The van der Waals surface area contributed by atoms with Gasteiger partial charge in [0.2, 0.25) is 12.5 Å². The number of ether oxygens (including phenoxy) is 2.